The van der Waals surface area contributed by atoms with Gasteiger partial charge in [0.15, 0.2) is 0 Å². The molecule has 0 amide bonds. The summed E-state index contributed by atoms with van der Waals surface area (Å²) >= 11 is 0. The molecule has 1 heterocycles. The van der Waals surface area contributed by atoms with Gasteiger partial charge >= 0.3 is 5.97 Å². The van der Waals surface area contributed by atoms with Crippen LogP contribution in [-0.4, -0.2) is 41.9 Å². The van der Waals surface area contributed by atoms with Gasteiger partial charge in [-0.1, -0.05) is 0 Å². The van der Waals surface area contributed by atoms with Crippen LogP contribution in [0.1, 0.15) is 6.42 Å². The van der Waals surface area contributed by atoms with Crippen molar-refractivity contribution in [1.29, 1.82) is 0 Å². The lowest BCUT2D eigenvalue weighted by Gasteiger charge is -2.02. The smallest absolute Gasteiger partial charge is 0.320 e. The van der Waals surface area contributed by atoms with E-state index in [9.17, 15) is 13.2 Å². The van der Waals surface area contributed by atoms with Gasteiger partial charge in [-0.25, -0.2) is 0 Å². The molecular formula is C5H9NO5S. The van der Waals surface area contributed by atoms with E-state index in [0.717, 1.165) is 0 Å². The first-order valence-electron chi connectivity index (χ1n) is 3.33. The summed E-state index contributed by atoms with van der Waals surface area (Å²) < 4.78 is 29.6. The van der Waals surface area contributed by atoms with Crippen LogP contribution in [0.25, 0.3) is 0 Å². The van der Waals surface area contributed by atoms with Crippen LogP contribution in [-0.2, 0) is 14.9 Å². The molecule has 1 aliphatic heterocycles. The summed E-state index contributed by atoms with van der Waals surface area (Å²) in [7, 11) is -4.09. The number of carboxylic acid groups (broad SMARTS) is 1. The standard InChI is InChI=1S/C5H9NO5S/c7-5(8)4-1-3(2-6-4)12(9,10)11/h3-4,6H,1-2H2,(H,7,8)(H,9,10,11)/t3?,4-/m0/s1. The van der Waals surface area contributed by atoms with E-state index in [1.165, 1.54) is 0 Å². The monoisotopic (exact) mass is 195 g/mol. The van der Waals surface area contributed by atoms with Gasteiger partial charge in [-0.05, 0) is 6.42 Å². The quantitative estimate of drug-likeness (QED) is 0.472. The van der Waals surface area contributed by atoms with Crippen LogP contribution < -0.4 is 5.32 Å². The second-order valence-electron chi connectivity index (χ2n) is 2.67. The van der Waals surface area contributed by atoms with Crippen molar-refractivity contribution in [2.45, 2.75) is 17.7 Å². The van der Waals surface area contributed by atoms with Gasteiger partial charge in [0.2, 0.25) is 0 Å². The van der Waals surface area contributed by atoms with E-state index in [1.54, 1.807) is 0 Å². The lowest BCUT2D eigenvalue weighted by atomic mass is 10.2. The Labute approximate surface area is 69.3 Å². The average Bonchev–Trinajstić information content (AvgIpc) is 2.30. The lowest BCUT2D eigenvalue weighted by Crippen LogP contribution is -2.30. The maximum atomic E-state index is 10.5. The number of rotatable bonds is 2. The fourth-order valence-corrected chi connectivity index (χ4v) is 1.86. The predicted molar refractivity (Wildman–Crippen MR) is 39.4 cm³/mol. The molecule has 1 fully saturated rings. The molecule has 6 nitrogen and oxygen atoms in total. The molecule has 0 spiro atoms. The van der Waals surface area contributed by atoms with Gasteiger partial charge in [0.1, 0.15) is 11.3 Å². The first-order valence-corrected chi connectivity index (χ1v) is 4.84. The van der Waals surface area contributed by atoms with Crippen molar-refractivity contribution < 1.29 is 22.9 Å². The van der Waals surface area contributed by atoms with Crippen molar-refractivity contribution in [2.75, 3.05) is 6.54 Å². The Balaban J connectivity index is 2.64. The minimum Gasteiger partial charge on any atom is -0.480 e. The Morgan fingerprint density at radius 2 is 2.08 bits per heavy atom. The fourth-order valence-electron chi connectivity index (χ4n) is 1.12. The first-order chi connectivity index (χ1) is 5.41. The van der Waals surface area contributed by atoms with Gasteiger partial charge in [0.25, 0.3) is 10.1 Å². The summed E-state index contributed by atoms with van der Waals surface area (Å²) in [4.78, 5) is 10.3. The number of nitrogens with one attached hydrogen (secondary N) is 1. The van der Waals surface area contributed by atoms with Crippen LogP contribution in [0.5, 0.6) is 0 Å². The van der Waals surface area contributed by atoms with Gasteiger partial charge in [0, 0.05) is 6.54 Å². The molecule has 0 aromatic rings. The highest BCUT2D eigenvalue weighted by Gasteiger charge is 2.36. The van der Waals surface area contributed by atoms with Crippen LogP contribution in [0, 0.1) is 0 Å². The summed E-state index contributed by atoms with van der Waals surface area (Å²) in [6, 6.07) is -0.864. The Bertz CT molecular complexity index is 284. The largest absolute Gasteiger partial charge is 0.480 e. The van der Waals surface area contributed by atoms with Crippen molar-refractivity contribution in [3.8, 4) is 0 Å². The molecular weight excluding hydrogens is 186 g/mol. The van der Waals surface area contributed by atoms with Crippen LogP contribution in [0.2, 0.25) is 0 Å². The highest BCUT2D eigenvalue weighted by molar-refractivity contribution is 7.86. The maximum absolute atomic E-state index is 10.5. The molecule has 0 radical (unpaired) electrons. The van der Waals surface area contributed by atoms with E-state index in [4.69, 9.17) is 9.66 Å². The van der Waals surface area contributed by atoms with Gasteiger partial charge in [-0.15, -0.1) is 0 Å². The summed E-state index contributed by atoms with van der Waals surface area (Å²) in [6.45, 7) is -0.00417. The molecule has 1 saturated heterocycles. The first kappa shape index (κ1) is 9.43. The third-order valence-corrected chi connectivity index (χ3v) is 3.01. The summed E-state index contributed by atoms with van der Waals surface area (Å²) in [5, 5.41) is 9.94. The number of hydrogen-bond acceptors (Lipinski definition) is 4. The lowest BCUT2D eigenvalue weighted by molar-refractivity contribution is -0.139. The zero-order chi connectivity index (χ0) is 9.35. The van der Waals surface area contributed by atoms with Crippen molar-refractivity contribution in [1.82, 2.24) is 5.32 Å². The number of aliphatic carboxylic acids is 1. The minimum absolute atomic E-state index is 0.00417. The van der Waals surface area contributed by atoms with Gasteiger partial charge in [-0.2, -0.15) is 8.42 Å². The highest BCUT2D eigenvalue weighted by atomic mass is 32.2. The molecule has 1 aliphatic rings. The molecule has 1 rings (SSSR count). The molecule has 0 bridgehead atoms. The van der Waals surface area contributed by atoms with E-state index in [-0.39, 0.29) is 13.0 Å². The van der Waals surface area contributed by atoms with Crippen molar-refractivity contribution >= 4 is 16.1 Å². The Morgan fingerprint density at radius 3 is 2.33 bits per heavy atom. The predicted octanol–water partition coefficient (Wildman–Crippen LogP) is -1.31. The second-order valence-corrected chi connectivity index (χ2v) is 4.37. The van der Waals surface area contributed by atoms with Crippen molar-refractivity contribution in [3.05, 3.63) is 0 Å². The van der Waals surface area contributed by atoms with Crippen LogP contribution in [0.4, 0.5) is 0 Å². The third-order valence-electron chi connectivity index (χ3n) is 1.81. The molecule has 3 N–H and O–H groups in total. The van der Waals surface area contributed by atoms with Gasteiger partial charge in [-0.3, -0.25) is 9.35 Å². The Hall–Kier alpha value is -0.660. The van der Waals surface area contributed by atoms with E-state index < -0.39 is 27.4 Å². The molecule has 0 aliphatic carbocycles. The molecule has 70 valence electrons. The normalized spacial score (nSPS) is 30.4. The minimum atomic E-state index is -4.09. The van der Waals surface area contributed by atoms with Gasteiger partial charge < -0.3 is 10.4 Å². The van der Waals surface area contributed by atoms with Crippen LogP contribution in [0.15, 0.2) is 0 Å². The third kappa shape index (κ3) is 1.93. The summed E-state index contributed by atoms with van der Waals surface area (Å²) in [5.74, 6) is -1.10. The van der Waals surface area contributed by atoms with E-state index in [2.05, 4.69) is 5.32 Å². The zero-order valence-electron chi connectivity index (χ0n) is 6.10. The molecule has 12 heavy (non-hydrogen) atoms. The molecule has 7 heteroatoms. The van der Waals surface area contributed by atoms with E-state index in [1.807, 2.05) is 0 Å². The highest BCUT2D eigenvalue weighted by Crippen LogP contribution is 2.13. The second kappa shape index (κ2) is 3.00. The molecule has 0 aromatic heterocycles. The molecule has 0 saturated carbocycles. The topological polar surface area (TPSA) is 104 Å². The fraction of sp³-hybridized carbons (Fsp3) is 0.800. The molecule has 1 unspecified atom stereocenters. The number of hydrogen-bond donors (Lipinski definition) is 3. The van der Waals surface area contributed by atoms with Crippen LogP contribution >= 0.6 is 0 Å². The zero-order valence-corrected chi connectivity index (χ0v) is 6.91. The Kier molecular flexibility index (Phi) is 2.36. The Morgan fingerprint density at radius 1 is 1.50 bits per heavy atom. The molecule has 0 aromatic carbocycles. The average molecular weight is 195 g/mol. The van der Waals surface area contributed by atoms with Crippen molar-refractivity contribution in [3.63, 3.8) is 0 Å². The maximum Gasteiger partial charge on any atom is 0.320 e. The summed E-state index contributed by atoms with van der Waals surface area (Å²) in [6.07, 6.45) is -0.0752. The van der Waals surface area contributed by atoms with Crippen LogP contribution in [0.3, 0.4) is 0 Å². The number of carboxylic acids is 1. The number of carbonyl (C=O) groups is 1. The molecule has 2 atom stereocenters. The van der Waals surface area contributed by atoms with Crippen molar-refractivity contribution in [2.24, 2.45) is 0 Å². The SMILES string of the molecule is O=C(O)[C@@H]1CC(S(=O)(=O)O)CN1. The summed E-state index contributed by atoms with van der Waals surface area (Å²) in [5.41, 5.74) is 0. The van der Waals surface area contributed by atoms with E-state index in [0.29, 0.717) is 0 Å². The van der Waals surface area contributed by atoms with E-state index >= 15 is 0 Å². The van der Waals surface area contributed by atoms with Gasteiger partial charge in [0.05, 0.1) is 0 Å².